The molecule has 2 aromatic rings. The van der Waals surface area contributed by atoms with Crippen LogP contribution in [0.3, 0.4) is 0 Å². The summed E-state index contributed by atoms with van der Waals surface area (Å²) >= 11 is 0. The maximum Gasteiger partial charge on any atom is 0.128 e. The third-order valence-electron chi connectivity index (χ3n) is 3.62. The van der Waals surface area contributed by atoms with Crippen LogP contribution in [0.1, 0.15) is 18.1 Å². The number of nitrogen functional groups attached to an aromatic ring is 1. The van der Waals surface area contributed by atoms with E-state index in [9.17, 15) is 0 Å². The Morgan fingerprint density at radius 1 is 1.28 bits per heavy atom. The molecule has 3 heteroatoms. The van der Waals surface area contributed by atoms with Gasteiger partial charge < -0.3 is 10.6 Å². The van der Waals surface area contributed by atoms with E-state index >= 15 is 0 Å². The van der Waals surface area contributed by atoms with Gasteiger partial charge >= 0.3 is 0 Å². The lowest BCUT2D eigenvalue weighted by atomic mass is 10.1. The molecule has 0 saturated heterocycles. The third-order valence-corrected chi connectivity index (χ3v) is 3.62. The lowest BCUT2D eigenvalue weighted by Crippen LogP contribution is -2.29. The van der Waals surface area contributed by atoms with Gasteiger partial charge in [-0.2, -0.15) is 0 Å². The first-order valence-corrected chi connectivity index (χ1v) is 6.29. The molecule has 3 rings (SSSR count). The van der Waals surface area contributed by atoms with E-state index < -0.39 is 0 Å². The number of benzene rings is 1. The highest BCUT2D eigenvalue weighted by Gasteiger charge is 2.25. The lowest BCUT2D eigenvalue weighted by Gasteiger charge is -2.25. The molecule has 1 aliphatic rings. The van der Waals surface area contributed by atoms with E-state index in [2.05, 4.69) is 47.1 Å². The Morgan fingerprint density at radius 3 is 2.94 bits per heavy atom. The lowest BCUT2D eigenvalue weighted by molar-refractivity contribution is 0.672. The van der Waals surface area contributed by atoms with Crippen LogP contribution in [0.5, 0.6) is 0 Å². The molecule has 1 aromatic carbocycles. The van der Waals surface area contributed by atoms with Crippen molar-refractivity contribution in [2.24, 2.45) is 0 Å². The Kier molecular flexibility index (Phi) is 2.67. The standard InChI is InChI=1S/C15H17N3/c1-11-9-12-5-2-3-7-14(12)18(11)10-13-6-4-8-17-15(13)16/h2-8,11H,9-10H2,1H3,(H2,16,17). The van der Waals surface area contributed by atoms with Crippen LogP contribution in [-0.2, 0) is 13.0 Å². The van der Waals surface area contributed by atoms with Gasteiger partial charge in [-0.25, -0.2) is 4.98 Å². The number of pyridine rings is 1. The molecular weight excluding hydrogens is 222 g/mol. The molecule has 0 radical (unpaired) electrons. The Morgan fingerprint density at radius 2 is 2.11 bits per heavy atom. The first-order valence-electron chi connectivity index (χ1n) is 6.29. The van der Waals surface area contributed by atoms with Crippen LogP contribution in [0.15, 0.2) is 42.6 Å². The van der Waals surface area contributed by atoms with Gasteiger partial charge in [-0.05, 0) is 31.0 Å². The van der Waals surface area contributed by atoms with Gasteiger partial charge in [0.1, 0.15) is 5.82 Å². The Labute approximate surface area is 107 Å². The molecule has 2 N–H and O–H groups in total. The summed E-state index contributed by atoms with van der Waals surface area (Å²) in [6.45, 7) is 3.09. The number of para-hydroxylation sites is 1. The zero-order valence-corrected chi connectivity index (χ0v) is 10.5. The fourth-order valence-corrected chi connectivity index (χ4v) is 2.64. The van der Waals surface area contributed by atoms with Crippen molar-refractivity contribution in [2.75, 3.05) is 10.6 Å². The highest BCUT2D eigenvalue weighted by atomic mass is 15.2. The summed E-state index contributed by atoms with van der Waals surface area (Å²) in [5, 5.41) is 0. The van der Waals surface area contributed by atoms with Crippen LogP contribution in [0.2, 0.25) is 0 Å². The van der Waals surface area contributed by atoms with Gasteiger partial charge in [0.05, 0.1) is 0 Å². The van der Waals surface area contributed by atoms with E-state index in [0.29, 0.717) is 11.9 Å². The summed E-state index contributed by atoms with van der Waals surface area (Å²) in [5.41, 5.74) is 9.78. The molecule has 1 aromatic heterocycles. The van der Waals surface area contributed by atoms with Crippen LogP contribution < -0.4 is 10.6 Å². The monoisotopic (exact) mass is 239 g/mol. The highest BCUT2D eigenvalue weighted by Crippen LogP contribution is 2.33. The van der Waals surface area contributed by atoms with E-state index in [0.717, 1.165) is 18.5 Å². The van der Waals surface area contributed by atoms with Gasteiger partial charge in [0.25, 0.3) is 0 Å². The van der Waals surface area contributed by atoms with Crippen LogP contribution in [0, 0.1) is 0 Å². The molecule has 1 atom stereocenters. The van der Waals surface area contributed by atoms with Gasteiger partial charge in [0.15, 0.2) is 0 Å². The summed E-state index contributed by atoms with van der Waals surface area (Å²) in [4.78, 5) is 6.56. The molecule has 0 bridgehead atoms. The second-order valence-corrected chi connectivity index (χ2v) is 4.86. The minimum absolute atomic E-state index is 0.516. The van der Waals surface area contributed by atoms with E-state index in [1.54, 1.807) is 6.20 Å². The van der Waals surface area contributed by atoms with Crippen LogP contribution >= 0.6 is 0 Å². The largest absolute Gasteiger partial charge is 0.383 e. The number of anilines is 2. The minimum Gasteiger partial charge on any atom is -0.383 e. The molecule has 0 saturated carbocycles. The maximum absolute atomic E-state index is 5.93. The molecule has 2 heterocycles. The van der Waals surface area contributed by atoms with E-state index in [-0.39, 0.29) is 0 Å². The smallest absolute Gasteiger partial charge is 0.128 e. The number of hydrogen-bond donors (Lipinski definition) is 1. The Balaban J connectivity index is 1.92. The van der Waals surface area contributed by atoms with Crippen molar-refractivity contribution in [3.05, 3.63) is 53.7 Å². The Hall–Kier alpha value is -2.03. The van der Waals surface area contributed by atoms with Crippen molar-refractivity contribution in [3.8, 4) is 0 Å². The zero-order valence-electron chi connectivity index (χ0n) is 10.5. The van der Waals surface area contributed by atoms with E-state index in [1.807, 2.05) is 6.07 Å². The third kappa shape index (κ3) is 1.82. The molecule has 18 heavy (non-hydrogen) atoms. The molecule has 92 valence electrons. The maximum atomic E-state index is 5.93. The van der Waals surface area contributed by atoms with Crippen molar-refractivity contribution >= 4 is 11.5 Å². The molecule has 0 fully saturated rings. The van der Waals surface area contributed by atoms with Crippen molar-refractivity contribution in [2.45, 2.75) is 25.9 Å². The number of nitrogens with zero attached hydrogens (tertiary/aromatic N) is 2. The fourth-order valence-electron chi connectivity index (χ4n) is 2.64. The van der Waals surface area contributed by atoms with Crippen LogP contribution in [0.4, 0.5) is 11.5 Å². The quantitative estimate of drug-likeness (QED) is 0.876. The fraction of sp³-hybridized carbons (Fsp3) is 0.267. The Bertz CT molecular complexity index is 565. The van der Waals surface area contributed by atoms with Gasteiger partial charge in [-0.1, -0.05) is 24.3 Å². The molecule has 3 nitrogen and oxygen atoms in total. The number of nitrogens with two attached hydrogens (primary N) is 1. The van der Waals surface area contributed by atoms with Crippen molar-refractivity contribution in [1.29, 1.82) is 0 Å². The van der Waals surface area contributed by atoms with E-state index in [4.69, 9.17) is 5.73 Å². The minimum atomic E-state index is 0.516. The second-order valence-electron chi connectivity index (χ2n) is 4.86. The van der Waals surface area contributed by atoms with Crippen molar-refractivity contribution < 1.29 is 0 Å². The first-order chi connectivity index (χ1) is 8.75. The molecule has 1 unspecified atom stereocenters. The molecule has 0 spiro atoms. The number of hydrogen-bond acceptors (Lipinski definition) is 3. The second kappa shape index (κ2) is 4.33. The predicted octanol–water partition coefficient (Wildman–Crippen LogP) is 2.62. The number of aromatic nitrogens is 1. The first kappa shape index (κ1) is 11.1. The van der Waals surface area contributed by atoms with Gasteiger partial charge in [0, 0.05) is 30.0 Å². The van der Waals surface area contributed by atoms with Gasteiger partial charge in [-0.3, -0.25) is 0 Å². The van der Waals surface area contributed by atoms with Crippen LogP contribution in [0.25, 0.3) is 0 Å². The molecule has 1 aliphatic heterocycles. The summed E-state index contributed by atoms with van der Waals surface area (Å²) in [5.74, 6) is 0.633. The SMILES string of the molecule is CC1Cc2ccccc2N1Cc1cccnc1N. The highest BCUT2D eigenvalue weighted by molar-refractivity contribution is 5.60. The number of fused-ring (bicyclic) bond motifs is 1. The summed E-state index contributed by atoms with van der Waals surface area (Å²) in [6.07, 6.45) is 2.84. The summed E-state index contributed by atoms with van der Waals surface area (Å²) in [7, 11) is 0. The van der Waals surface area contributed by atoms with Crippen LogP contribution in [-0.4, -0.2) is 11.0 Å². The molecule has 0 amide bonds. The topological polar surface area (TPSA) is 42.2 Å². The normalized spacial score (nSPS) is 17.8. The average molecular weight is 239 g/mol. The molecule has 0 aliphatic carbocycles. The predicted molar refractivity (Wildman–Crippen MR) is 74.4 cm³/mol. The van der Waals surface area contributed by atoms with Crippen molar-refractivity contribution in [3.63, 3.8) is 0 Å². The summed E-state index contributed by atoms with van der Waals surface area (Å²) < 4.78 is 0. The number of rotatable bonds is 2. The molecular formula is C15H17N3. The summed E-state index contributed by atoms with van der Waals surface area (Å²) in [6, 6.07) is 13.1. The van der Waals surface area contributed by atoms with Crippen molar-refractivity contribution in [1.82, 2.24) is 4.98 Å². The van der Waals surface area contributed by atoms with Gasteiger partial charge in [-0.15, -0.1) is 0 Å². The van der Waals surface area contributed by atoms with E-state index in [1.165, 1.54) is 11.3 Å². The zero-order chi connectivity index (χ0) is 12.5. The van der Waals surface area contributed by atoms with Gasteiger partial charge in [0.2, 0.25) is 0 Å². The average Bonchev–Trinajstić information content (AvgIpc) is 2.69.